The van der Waals surface area contributed by atoms with E-state index in [0.717, 1.165) is 12.8 Å². The van der Waals surface area contributed by atoms with Crippen molar-refractivity contribution < 1.29 is 0 Å². The SMILES string of the molecule is C=CCC(CC)c1ccc(CC)s1. The average Bonchev–Trinajstić information content (AvgIpc) is 2.62. The van der Waals surface area contributed by atoms with E-state index in [0.29, 0.717) is 5.92 Å². The van der Waals surface area contributed by atoms with Gasteiger partial charge in [0, 0.05) is 9.75 Å². The Morgan fingerprint density at radius 2 is 2.23 bits per heavy atom. The predicted octanol–water partition coefficient (Wildman–Crippen LogP) is 4.38. The molecule has 0 spiro atoms. The van der Waals surface area contributed by atoms with E-state index in [1.165, 1.54) is 16.2 Å². The van der Waals surface area contributed by atoms with Gasteiger partial charge in [0.15, 0.2) is 0 Å². The van der Waals surface area contributed by atoms with E-state index < -0.39 is 0 Å². The van der Waals surface area contributed by atoms with E-state index in [4.69, 9.17) is 0 Å². The lowest BCUT2D eigenvalue weighted by molar-refractivity contribution is 0.687. The van der Waals surface area contributed by atoms with E-state index in [1.54, 1.807) is 0 Å². The fourth-order valence-corrected chi connectivity index (χ4v) is 2.64. The molecule has 0 aromatic carbocycles. The maximum absolute atomic E-state index is 3.81. The van der Waals surface area contributed by atoms with Gasteiger partial charge in [-0.05, 0) is 37.3 Å². The van der Waals surface area contributed by atoms with Crippen LogP contribution in [-0.4, -0.2) is 0 Å². The molecule has 13 heavy (non-hydrogen) atoms. The molecule has 0 N–H and O–H groups in total. The van der Waals surface area contributed by atoms with Crippen LogP contribution in [0.1, 0.15) is 42.4 Å². The lowest BCUT2D eigenvalue weighted by Crippen LogP contribution is -1.91. The zero-order chi connectivity index (χ0) is 9.68. The van der Waals surface area contributed by atoms with Gasteiger partial charge < -0.3 is 0 Å². The Kier molecular flexibility index (Phi) is 4.23. The molecule has 0 aliphatic carbocycles. The van der Waals surface area contributed by atoms with Gasteiger partial charge in [0.1, 0.15) is 0 Å². The van der Waals surface area contributed by atoms with Gasteiger partial charge in [-0.1, -0.05) is 19.9 Å². The summed E-state index contributed by atoms with van der Waals surface area (Å²) < 4.78 is 0. The molecule has 0 bridgehead atoms. The summed E-state index contributed by atoms with van der Waals surface area (Å²) in [5.41, 5.74) is 0. The van der Waals surface area contributed by atoms with E-state index in [9.17, 15) is 0 Å². The summed E-state index contributed by atoms with van der Waals surface area (Å²) in [6.07, 6.45) is 5.52. The number of thiophene rings is 1. The first kappa shape index (κ1) is 10.5. The Morgan fingerprint density at radius 3 is 2.69 bits per heavy atom. The monoisotopic (exact) mass is 194 g/mol. The fraction of sp³-hybridized carbons (Fsp3) is 0.500. The van der Waals surface area contributed by atoms with Gasteiger partial charge >= 0.3 is 0 Å². The van der Waals surface area contributed by atoms with Crippen LogP contribution in [0.5, 0.6) is 0 Å². The molecule has 0 aliphatic heterocycles. The third-order valence-corrected chi connectivity index (χ3v) is 3.77. The van der Waals surface area contributed by atoms with Crippen LogP contribution in [0.15, 0.2) is 24.8 Å². The molecule has 1 rings (SSSR count). The molecule has 0 amide bonds. The Hall–Kier alpha value is -0.560. The highest BCUT2D eigenvalue weighted by Gasteiger charge is 2.09. The van der Waals surface area contributed by atoms with Gasteiger partial charge in [-0.3, -0.25) is 0 Å². The predicted molar refractivity (Wildman–Crippen MR) is 61.5 cm³/mol. The summed E-state index contributed by atoms with van der Waals surface area (Å²) in [6.45, 7) is 8.27. The first-order valence-corrected chi connectivity index (χ1v) is 5.82. The van der Waals surface area contributed by atoms with Crippen LogP contribution < -0.4 is 0 Å². The zero-order valence-electron chi connectivity index (χ0n) is 8.55. The van der Waals surface area contributed by atoms with Gasteiger partial charge in [0.2, 0.25) is 0 Å². The van der Waals surface area contributed by atoms with Crippen molar-refractivity contribution >= 4 is 11.3 Å². The van der Waals surface area contributed by atoms with Gasteiger partial charge in [0.25, 0.3) is 0 Å². The normalized spacial score (nSPS) is 12.8. The van der Waals surface area contributed by atoms with Crippen LogP contribution in [0.2, 0.25) is 0 Å². The number of aryl methyl sites for hydroxylation is 1. The minimum absolute atomic E-state index is 0.697. The standard InChI is InChI=1S/C12H18S/c1-4-7-10(5-2)12-9-8-11(6-3)13-12/h4,8-10H,1,5-7H2,2-3H3. The number of hydrogen-bond donors (Lipinski definition) is 0. The molecule has 72 valence electrons. The first-order valence-electron chi connectivity index (χ1n) is 5.01. The number of allylic oxidation sites excluding steroid dienone is 1. The van der Waals surface area contributed by atoms with E-state index >= 15 is 0 Å². The summed E-state index contributed by atoms with van der Waals surface area (Å²) in [6, 6.07) is 4.53. The third-order valence-electron chi connectivity index (χ3n) is 2.38. The second-order valence-electron chi connectivity index (χ2n) is 3.29. The van der Waals surface area contributed by atoms with Crippen LogP contribution in [0.3, 0.4) is 0 Å². The van der Waals surface area contributed by atoms with Crippen LogP contribution in [0, 0.1) is 0 Å². The molecule has 0 fully saturated rings. The quantitative estimate of drug-likeness (QED) is 0.610. The first-order chi connectivity index (χ1) is 6.31. The van der Waals surface area contributed by atoms with Crippen molar-refractivity contribution in [3.8, 4) is 0 Å². The zero-order valence-corrected chi connectivity index (χ0v) is 9.36. The van der Waals surface area contributed by atoms with Crippen molar-refractivity contribution in [2.24, 2.45) is 0 Å². The van der Waals surface area contributed by atoms with Crippen molar-refractivity contribution in [1.29, 1.82) is 0 Å². The Morgan fingerprint density at radius 1 is 1.46 bits per heavy atom. The number of rotatable bonds is 5. The molecular formula is C12H18S. The summed E-state index contributed by atoms with van der Waals surface area (Å²) in [4.78, 5) is 3.02. The smallest absolute Gasteiger partial charge is 0.00821 e. The molecule has 0 nitrogen and oxygen atoms in total. The van der Waals surface area contributed by atoms with Crippen molar-refractivity contribution in [1.82, 2.24) is 0 Å². The molecule has 0 aliphatic rings. The van der Waals surface area contributed by atoms with E-state index in [-0.39, 0.29) is 0 Å². The maximum Gasteiger partial charge on any atom is 0.00821 e. The van der Waals surface area contributed by atoms with E-state index in [2.05, 4.69) is 32.6 Å². The highest BCUT2D eigenvalue weighted by Crippen LogP contribution is 2.30. The Balaban J connectivity index is 2.72. The Labute approximate surface area is 85.3 Å². The van der Waals surface area contributed by atoms with Gasteiger partial charge in [-0.2, -0.15) is 0 Å². The topological polar surface area (TPSA) is 0 Å². The fourth-order valence-electron chi connectivity index (χ4n) is 1.49. The molecule has 0 radical (unpaired) electrons. The van der Waals surface area contributed by atoms with Crippen LogP contribution in [0.4, 0.5) is 0 Å². The largest absolute Gasteiger partial charge is 0.145 e. The molecular weight excluding hydrogens is 176 g/mol. The van der Waals surface area contributed by atoms with Crippen LogP contribution >= 0.6 is 11.3 Å². The lowest BCUT2D eigenvalue weighted by atomic mass is 10.0. The highest BCUT2D eigenvalue weighted by molar-refractivity contribution is 7.12. The summed E-state index contributed by atoms with van der Waals surface area (Å²) >= 11 is 1.96. The van der Waals surface area contributed by atoms with Crippen LogP contribution in [0.25, 0.3) is 0 Å². The van der Waals surface area contributed by atoms with Gasteiger partial charge in [-0.15, -0.1) is 17.9 Å². The maximum atomic E-state index is 3.81. The molecule has 1 atom stereocenters. The van der Waals surface area contributed by atoms with Crippen LogP contribution in [-0.2, 0) is 6.42 Å². The molecule has 0 saturated carbocycles. The van der Waals surface area contributed by atoms with Crippen molar-refractivity contribution in [3.63, 3.8) is 0 Å². The second-order valence-corrected chi connectivity index (χ2v) is 4.49. The molecule has 1 aromatic heterocycles. The minimum Gasteiger partial charge on any atom is -0.145 e. The summed E-state index contributed by atoms with van der Waals surface area (Å²) in [5, 5.41) is 0. The highest BCUT2D eigenvalue weighted by atomic mass is 32.1. The molecule has 1 unspecified atom stereocenters. The van der Waals surface area contributed by atoms with Crippen molar-refractivity contribution in [3.05, 3.63) is 34.5 Å². The lowest BCUT2D eigenvalue weighted by Gasteiger charge is -2.09. The van der Waals surface area contributed by atoms with E-state index in [1.807, 2.05) is 17.4 Å². The molecule has 0 saturated heterocycles. The van der Waals surface area contributed by atoms with Crippen molar-refractivity contribution in [2.75, 3.05) is 0 Å². The third kappa shape index (κ3) is 2.70. The van der Waals surface area contributed by atoms with Gasteiger partial charge in [0.05, 0.1) is 0 Å². The van der Waals surface area contributed by atoms with Crippen molar-refractivity contribution in [2.45, 2.75) is 39.0 Å². The summed E-state index contributed by atoms with van der Waals surface area (Å²) in [5.74, 6) is 0.697. The Bertz CT molecular complexity index is 260. The molecule has 1 heteroatoms. The molecule has 1 aromatic rings. The molecule has 1 heterocycles. The van der Waals surface area contributed by atoms with Gasteiger partial charge in [-0.25, -0.2) is 0 Å². The average molecular weight is 194 g/mol. The summed E-state index contributed by atoms with van der Waals surface area (Å²) in [7, 11) is 0. The minimum atomic E-state index is 0.697. The second kappa shape index (κ2) is 5.23. The number of hydrogen-bond acceptors (Lipinski definition) is 1.